The van der Waals surface area contributed by atoms with Crippen molar-refractivity contribution >= 4 is 5.69 Å². The summed E-state index contributed by atoms with van der Waals surface area (Å²) in [4.78, 5) is 9.26. The first-order chi connectivity index (χ1) is 8.34. The summed E-state index contributed by atoms with van der Waals surface area (Å²) in [7, 11) is 0. The Morgan fingerprint density at radius 2 is 2.00 bits per heavy atom. The van der Waals surface area contributed by atoms with Crippen LogP contribution in [0.4, 0.5) is 5.69 Å². The van der Waals surface area contributed by atoms with Crippen molar-refractivity contribution in [1.29, 1.82) is 0 Å². The van der Waals surface area contributed by atoms with E-state index in [9.17, 15) is 0 Å². The van der Waals surface area contributed by atoms with E-state index >= 15 is 0 Å². The Kier molecular flexibility index (Phi) is 2.99. The molecular weight excluding hydrogens is 212 g/mol. The Morgan fingerprint density at radius 1 is 1.24 bits per heavy atom. The van der Waals surface area contributed by atoms with E-state index in [-0.39, 0.29) is 0 Å². The van der Waals surface area contributed by atoms with Crippen LogP contribution in [0.25, 0.3) is 0 Å². The zero-order chi connectivity index (χ0) is 11.7. The van der Waals surface area contributed by atoms with Gasteiger partial charge in [-0.15, -0.1) is 0 Å². The van der Waals surface area contributed by atoms with Crippen molar-refractivity contribution in [1.82, 2.24) is 15.2 Å². The molecule has 2 aliphatic rings. The molecule has 3 heterocycles. The van der Waals surface area contributed by atoms with Crippen LogP contribution < -0.4 is 10.2 Å². The smallest absolute Gasteiger partial charge is 0.0427 e. The van der Waals surface area contributed by atoms with E-state index in [1.54, 1.807) is 0 Å². The second kappa shape index (κ2) is 4.63. The summed E-state index contributed by atoms with van der Waals surface area (Å²) in [5, 5.41) is 3.35. The van der Waals surface area contributed by atoms with Gasteiger partial charge in [0.05, 0.1) is 0 Å². The molecule has 0 radical (unpaired) electrons. The molecular formula is C13H20N4. The number of aromatic nitrogens is 1. The van der Waals surface area contributed by atoms with Gasteiger partial charge in [0.1, 0.15) is 0 Å². The second-order valence-corrected chi connectivity index (χ2v) is 5.00. The van der Waals surface area contributed by atoms with Crippen LogP contribution in [0.5, 0.6) is 0 Å². The number of rotatable bonds is 2. The average Bonchev–Trinajstić information content (AvgIpc) is 2.29. The minimum atomic E-state index is 0.788. The molecule has 0 aliphatic carbocycles. The van der Waals surface area contributed by atoms with Gasteiger partial charge in [0.25, 0.3) is 0 Å². The lowest BCUT2D eigenvalue weighted by Crippen LogP contribution is -2.61. The lowest BCUT2D eigenvalue weighted by atomic mass is 10.1. The molecule has 1 aromatic heterocycles. The summed E-state index contributed by atoms with van der Waals surface area (Å²) in [6, 6.07) is 2.92. The topological polar surface area (TPSA) is 31.4 Å². The number of anilines is 1. The Balaban J connectivity index is 1.63. The maximum absolute atomic E-state index is 4.16. The van der Waals surface area contributed by atoms with Gasteiger partial charge in [-0.05, 0) is 18.6 Å². The molecule has 0 saturated carbocycles. The van der Waals surface area contributed by atoms with Gasteiger partial charge >= 0.3 is 0 Å². The maximum Gasteiger partial charge on any atom is 0.0427 e. The van der Waals surface area contributed by atoms with E-state index in [1.807, 2.05) is 12.4 Å². The van der Waals surface area contributed by atoms with Crippen LogP contribution in [0, 0.1) is 6.92 Å². The van der Waals surface area contributed by atoms with E-state index < -0.39 is 0 Å². The van der Waals surface area contributed by atoms with Crippen molar-refractivity contribution in [2.24, 2.45) is 0 Å². The highest BCUT2D eigenvalue weighted by Gasteiger charge is 2.27. The van der Waals surface area contributed by atoms with E-state index in [1.165, 1.54) is 37.4 Å². The van der Waals surface area contributed by atoms with Crippen LogP contribution in [0.3, 0.4) is 0 Å². The van der Waals surface area contributed by atoms with Gasteiger partial charge in [-0.3, -0.25) is 9.88 Å². The number of hydrogen-bond donors (Lipinski definition) is 1. The van der Waals surface area contributed by atoms with Gasteiger partial charge in [-0.2, -0.15) is 0 Å². The molecule has 4 nitrogen and oxygen atoms in total. The first-order valence-electron chi connectivity index (χ1n) is 6.45. The molecule has 0 bridgehead atoms. The monoisotopic (exact) mass is 232 g/mol. The molecule has 1 aromatic rings. The summed E-state index contributed by atoms with van der Waals surface area (Å²) in [5.41, 5.74) is 2.64. The first-order valence-corrected chi connectivity index (χ1v) is 6.45. The Labute approximate surface area is 103 Å². The van der Waals surface area contributed by atoms with Gasteiger partial charge in [0.15, 0.2) is 0 Å². The van der Waals surface area contributed by atoms with Crippen LogP contribution in [-0.2, 0) is 0 Å². The van der Waals surface area contributed by atoms with Crippen molar-refractivity contribution in [2.45, 2.75) is 13.0 Å². The zero-order valence-corrected chi connectivity index (χ0v) is 10.4. The number of pyridine rings is 1. The second-order valence-electron chi connectivity index (χ2n) is 5.00. The zero-order valence-electron chi connectivity index (χ0n) is 10.4. The lowest BCUT2D eigenvalue weighted by Gasteiger charge is -2.44. The van der Waals surface area contributed by atoms with E-state index in [0.717, 1.165) is 19.1 Å². The molecule has 3 rings (SSSR count). The summed E-state index contributed by atoms with van der Waals surface area (Å²) < 4.78 is 0. The van der Waals surface area contributed by atoms with Crippen molar-refractivity contribution in [2.75, 3.05) is 44.2 Å². The minimum Gasteiger partial charge on any atom is -0.369 e. The van der Waals surface area contributed by atoms with Gasteiger partial charge in [0, 0.05) is 63.4 Å². The number of hydrogen-bond acceptors (Lipinski definition) is 4. The van der Waals surface area contributed by atoms with Crippen LogP contribution in [0.1, 0.15) is 5.56 Å². The molecule has 0 atom stereocenters. The summed E-state index contributed by atoms with van der Waals surface area (Å²) >= 11 is 0. The summed E-state index contributed by atoms with van der Waals surface area (Å²) in [6.07, 6.45) is 3.85. The fourth-order valence-electron chi connectivity index (χ4n) is 2.68. The van der Waals surface area contributed by atoms with Crippen molar-refractivity contribution in [3.63, 3.8) is 0 Å². The third kappa shape index (κ3) is 2.15. The Morgan fingerprint density at radius 3 is 2.59 bits per heavy atom. The molecule has 1 N–H and O–H groups in total. The quantitative estimate of drug-likeness (QED) is 0.804. The highest BCUT2D eigenvalue weighted by atomic mass is 15.3. The molecule has 0 unspecified atom stereocenters. The van der Waals surface area contributed by atoms with E-state index in [2.05, 4.69) is 33.1 Å². The molecule has 0 aromatic carbocycles. The third-order valence-corrected chi connectivity index (χ3v) is 3.92. The van der Waals surface area contributed by atoms with Gasteiger partial charge in [-0.25, -0.2) is 0 Å². The number of nitrogens with one attached hydrogen (secondary N) is 1. The average molecular weight is 232 g/mol. The molecule has 92 valence electrons. The molecule has 17 heavy (non-hydrogen) atoms. The predicted octanol–water partition coefficient (Wildman–Crippen LogP) is 0.484. The lowest BCUT2D eigenvalue weighted by molar-refractivity contribution is 0.138. The molecule has 0 amide bonds. The predicted molar refractivity (Wildman–Crippen MR) is 69.4 cm³/mol. The van der Waals surface area contributed by atoms with E-state index in [4.69, 9.17) is 0 Å². The van der Waals surface area contributed by atoms with Gasteiger partial charge in [-0.1, -0.05) is 0 Å². The van der Waals surface area contributed by atoms with Crippen LogP contribution in [0.15, 0.2) is 18.5 Å². The maximum atomic E-state index is 4.16. The summed E-state index contributed by atoms with van der Waals surface area (Å²) in [6.45, 7) is 9.15. The van der Waals surface area contributed by atoms with Gasteiger partial charge in [0.2, 0.25) is 0 Å². The van der Waals surface area contributed by atoms with Crippen LogP contribution >= 0.6 is 0 Å². The minimum absolute atomic E-state index is 0.788. The van der Waals surface area contributed by atoms with Crippen molar-refractivity contribution in [3.05, 3.63) is 24.0 Å². The number of piperazine rings is 1. The standard InChI is InChI=1S/C13H20N4/c1-11-8-14-3-2-13(11)17-6-4-16(5-7-17)12-9-15-10-12/h2-3,8,12,15H,4-7,9-10H2,1H3. The first kappa shape index (κ1) is 11.0. The molecule has 4 heteroatoms. The van der Waals surface area contributed by atoms with Crippen molar-refractivity contribution in [3.8, 4) is 0 Å². The van der Waals surface area contributed by atoms with Crippen LogP contribution in [-0.4, -0.2) is 55.2 Å². The fourth-order valence-corrected chi connectivity index (χ4v) is 2.68. The highest BCUT2D eigenvalue weighted by molar-refractivity contribution is 5.51. The largest absolute Gasteiger partial charge is 0.369 e. The Hall–Kier alpha value is -1.13. The number of nitrogens with zero attached hydrogens (tertiary/aromatic N) is 3. The SMILES string of the molecule is Cc1cnccc1N1CCN(C2CNC2)CC1. The molecule has 2 aliphatic heterocycles. The molecule has 0 spiro atoms. The number of aryl methyl sites for hydroxylation is 1. The molecule has 2 saturated heterocycles. The third-order valence-electron chi connectivity index (χ3n) is 3.92. The Bertz CT molecular complexity index is 381. The van der Waals surface area contributed by atoms with E-state index in [0.29, 0.717) is 0 Å². The van der Waals surface area contributed by atoms with Gasteiger partial charge < -0.3 is 10.2 Å². The van der Waals surface area contributed by atoms with Crippen LogP contribution in [0.2, 0.25) is 0 Å². The normalized spacial score (nSPS) is 22.5. The highest BCUT2D eigenvalue weighted by Crippen LogP contribution is 2.20. The summed E-state index contributed by atoms with van der Waals surface area (Å²) in [5.74, 6) is 0. The fraction of sp³-hybridized carbons (Fsp3) is 0.615. The molecule has 2 fully saturated rings. The van der Waals surface area contributed by atoms with Crippen molar-refractivity contribution < 1.29 is 0 Å².